The summed E-state index contributed by atoms with van der Waals surface area (Å²) in [6, 6.07) is 9.19. The first-order valence-electron chi connectivity index (χ1n) is 10.8. The highest BCUT2D eigenvalue weighted by molar-refractivity contribution is 7.99. The normalized spacial score (nSPS) is 13.8. The summed E-state index contributed by atoms with van der Waals surface area (Å²) in [5.74, 6) is 0.387. The van der Waals surface area contributed by atoms with Gasteiger partial charge in [-0.05, 0) is 49.6 Å². The standard InChI is InChI=1S/C23H25ClN6O2S/c1-15-6-7-17(24)12-19(15)27-20(31)13-30-23(28-22(29-30)16-8-10-25-11-9-16)33-14-21(32)26-18-4-2-3-5-18/h6-12,18H,2-5,13-14H2,1H3,(H,26,32)(H,27,31). The van der Waals surface area contributed by atoms with Gasteiger partial charge in [0.1, 0.15) is 6.54 Å². The number of nitrogens with one attached hydrogen (secondary N) is 2. The van der Waals surface area contributed by atoms with Crippen molar-refractivity contribution in [1.29, 1.82) is 0 Å². The van der Waals surface area contributed by atoms with Crippen molar-refractivity contribution in [1.82, 2.24) is 25.1 Å². The molecule has 1 saturated carbocycles. The van der Waals surface area contributed by atoms with Gasteiger partial charge in [-0.25, -0.2) is 9.67 Å². The second-order valence-electron chi connectivity index (χ2n) is 7.96. The first-order valence-corrected chi connectivity index (χ1v) is 12.2. The number of hydrogen-bond donors (Lipinski definition) is 2. The summed E-state index contributed by atoms with van der Waals surface area (Å²) in [6.45, 7) is 1.85. The van der Waals surface area contributed by atoms with Crippen molar-refractivity contribution in [3.8, 4) is 11.4 Å². The molecule has 172 valence electrons. The van der Waals surface area contributed by atoms with Gasteiger partial charge in [0.25, 0.3) is 0 Å². The molecule has 0 aliphatic heterocycles. The summed E-state index contributed by atoms with van der Waals surface area (Å²) in [4.78, 5) is 33.8. The summed E-state index contributed by atoms with van der Waals surface area (Å²) >= 11 is 7.33. The number of amides is 2. The highest BCUT2D eigenvalue weighted by Crippen LogP contribution is 2.23. The van der Waals surface area contributed by atoms with Gasteiger partial charge < -0.3 is 10.6 Å². The lowest BCUT2D eigenvalue weighted by atomic mass is 10.2. The zero-order chi connectivity index (χ0) is 23.2. The van der Waals surface area contributed by atoms with Gasteiger partial charge in [-0.15, -0.1) is 5.10 Å². The Hall–Kier alpha value is -2.91. The van der Waals surface area contributed by atoms with Gasteiger partial charge in [-0.2, -0.15) is 0 Å². The number of carbonyl (C=O) groups excluding carboxylic acids is 2. The van der Waals surface area contributed by atoms with Crippen molar-refractivity contribution in [3.63, 3.8) is 0 Å². The van der Waals surface area contributed by atoms with Gasteiger partial charge in [-0.3, -0.25) is 14.6 Å². The molecule has 3 aromatic rings. The molecule has 0 spiro atoms. The zero-order valence-corrected chi connectivity index (χ0v) is 19.8. The number of hydrogen-bond acceptors (Lipinski definition) is 6. The van der Waals surface area contributed by atoms with Gasteiger partial charge in [0.15, 0.2) is 11.0 Å². The Morgan fingerprint density at radius 2 is 1.91 bits per heavy atom. The first-order chi connectivity index (χ1) is 16.0. The number of carbonyl (C=O) groups is 2. The maximum absolute atomic E-state index is 12.8. The number of nitrogens with zero attached hydrogens (tertiary/aromatic N) is 4. The molecule has 1 aliphatic carbocycles. The van der Waals surface area contributed by atoms with E-state index in [-0.39, 0.29) is 30.2 Å². The van der Waals surface area contributed by atoms with E-state index in [1.165, 1.54) is 16.4 Å². The highest BCUT2D eigenvalue weighted by atomic mass is 35.5. The monoisotopic (exact) mass is 484 g/mol. The van der Waals surface area contributed by atoms with Crippen LogP contribution in [0, 0.1) is 6.92 Å². The number of benzene rings is 1. The lowest BCUT2D eigenvalue weighted by Crippen LogP contribution is -2.33. The molecule has 4 rings (SSSR count). The Bertz CT molecular complexity index is 1130. The predicted molar refractivity (Wildman–Crippen MR) is 129 cm³/mol. The molecule has 1 aliphatic rings. The maximum Gasteiger partial charge on any atom is 0.246 e. The lowest BCUT2D eigenvalue weighted by molar-refractivity contribution is -0.119. The van der Waals surface area contributed by atoms with Crippen molar-refractivity contribution >= 4 is 40.9 Å². The maximum atomic E-state index is 12.8. The summed E-state index contributed by atoms with van der Waals surface area (Å²) in [7, 11) is 0. The quantitative estimate of drug-likeness (QED) is 0.467. The Morgan fingerprint density at radius 1 is 1.15 bits per heavy atom. The minimum atomic E-state index is -0.260. The fraction of sp³-hybridized carbons (Fsp3) is 0.348. The molecule has 1 fully saturated rings. The van der Waals surface area contributed by atoms with Gasteiger partial charge in [0.05, 0.1) is 5.75 Å². The van der Waals surface area contributed by atoms with Crippen molar-refractivity contribution in [2.75, 3.05) is 11.1 Å². The highest BCUT2D eigenvalue weighted by Gasteiger charge is 2.20. The largest absolute Gasteiger partial charge is 0.353 e. The number of aromatic nitrogens is 4. The van der Waals surface area contributed by atoms with Crippen LogP contribution in [0.3, 0.4) is 0 Å². The van der Waals surface area contributed by atoms with E-state index >= 15 is 0 Å². The molecule has 8 nitrogen and oxygen atoms in total. The van der Waals surface area contributed by atoms with Crippen LogP contribution in [-0.2, 0) is 16.1 Å². The van der Waals surface area contributed by atoms with E-state index in [4.69, 9.17) is 11.6 Å². The van der Waals surface area contributed by atoms with E-state index in [1.54, 1.807) is 36.7 Å². The topological polar surface area (TPSA) is 102 Å². The fourth-order valence-corrected chi connectivity index (χ4v) is 4.61. The van der Waals surface area contributed by atoms with Crippen molar-refractivity contribution in [2.45, 2.75) is 50.4 Å². The predicted octanol–water partition coefficient (Wildman–Crippen LogP) is 4.09. The molecular weight excluding hydrogens is 460 g/mol. The van der Waals surface area contributed by atoms with E-state index in [9.17, 15) is 9.59 Å². The Labute approximate surface area is 201 Å². The summed E-state index contributed by atoms with van der Waals surface area (Å²) in [6.07, 6.45) is 7.69. The van der Waals surface area contributed by atoms with Crippen LogP contribution in [0.4, 0.5) is 5.69 Å². The van der Waals surface area contributed by atoms with E-state index in [0.717, 1.165) is 36.8 Å². The smallest absolute Gasteiger partial charge is 0.246 e. The van der Waals surface area contributed by atoms with Crippen molar-refractivity contribution < 1.29 is 9.59 Å². The van der Waals surface area contributed by atoms with Gasteiger partial charge in [0.2, 0.25) is 11.8 Å². The molecule has 0 atom stereocenters. The number of thioether (sulfide) groups is 1. The molecule has 33 heavy (non-hydrogen) atoms. The zero-order valence-electron chi connectivity index (χ0n) is 18.3. The molecule has 0 saturated heterocycles. The minimum Gasteiger partial charge on any atom is -0.353 e. The molecule has 1 aromatic carbocycles. The molecule has 0 unspecified atom stereocenters. The number of halogens is 1. The van der Waals surface area contributed by atoms with Crippen LogP contribution in [-0.4, -0.2) is 43.4 Å². The third-order valence-electron chi connectivity index (χ3n) is 5.40. The summed E-state index contributed by atoms with van der Waals surface area (Å²) in [5, 5.41) is 11.5. The summed E-state index contributed by atoms with van der Waals surface area (Å²) in [5.41, 5.74) is 2.33. The van der Waals surface area contributed by atoms with E-state index in [2.05, 4.69) is 25.7 Å². The summed E-state index contributed by atoms with van der Waals surface area (Å²) < 4.78 is 1.53. The average molecular weight is 485 g/mol. The third-order valence-corrected chi connectivity index (χ3v) is 6.60. The van der Waals surface area contributed by atoms with E-state index in [0.29, 0.717) is 21.7 Å². The lowest BCUT2D eigenvalue weighted by Gasteiger charge is -2.12. The molecular formula is C23H25ClN6O2S. The Balaban J connectivity index is 1.48. The molecule has 10 heteroatoms. The fourth-order valence-electron chi connectivity index (χ4n) is 3.69. The van der Waals surface area contributed by atoms with Crippen LogP contribution in [0.1, 0.15) is 31.2 Å². The number of anilines is 1. The second kappa shape index (κ2) is 10.8. The van der Waals surface area contributed by atoms with E-state index < -0.39 is 0 Å². The molecule has 2 N–H and O–H groups in total. The molecule has 0 bridgehead atoms. The number of pyridine rings is 1. The van der Waals surface area contributed by atoms with Gasteiger partial charge in [0, 0.05) is 34.7 Å². The molecule has 2 aromatic heterocycles. The van der Waals surface area contributed by atoms with Crippen LogP contribution in [0.15, 0.2) is 47.9 Å². The van der Waals surface area contributed by atoms with Crippen molar-refractivity contribution in [2.24, 2.45) is 0 Å². The Morgan fingerprint density at radius 3 is 2.67 bits per heavy atom. The van der Waals surface area contributed by atoms with Gasteiger partial charge in [-0.1, -0.05) is 42.3 Å². The first kappa shape index (κ1) is 23.3. The minimum absolute atomic E-state index is 0.0362. The van der Waals surface area contributed by atoms with Crippen LogP contribution < -0.4 is 10.6 Å². The average Bonchev–Trinajstić information content (AvgIpc) is 3.45. The van der Waals surface area contributed by atoms with Gasteiger partial charge >= 0.3 is 0 Å². The molecule has 2 amide bonds. The van der Waals surface area contributed by atoms with Crippen LogP contribution >= 0.6 is 23.4 Å². The molecule has 2 heterocycles. The number of aryl methyl sites for hydroxylation is 1. The van der Waals surface area contributed by atoms with Crippen molar-refractivity contribution in [3.05, 3.63) is 53.3 Å². The second-order valence-corrected chi connectivity index (χ2v) is 9.34. The Kier molecular flexibility index (Phi) is 7.61. The van der Waals surface area contributed by atoms with Crippen LogP contribution in [0.5, 0.6) is 0 Å². The third kappa shape index (κ3) is 6.33. The molecule has 0 radical (unpaired) electrons. The van der Waals surface area contributed by atoms with Crippen LogP contribution in [0.2, 0.25) is 5.02 Å². The SMILES string of the molecule is Cc1ccc(Cl)cc1NC(=O)Cn1nc(-c2ccncc2)nc1SCC(=O)NC1CCCC1. The number of rotatable bonds is 8. The van der Waals surface area contributed by atoms with E-state index in [1.807, 2.05) is 13.0 Å². The van der Waals surface area contributed by atoms with Crippen LogP contribution in [0.25, 0.3) is 11.4 Å².